The highest BCUT2D eigenvalue weighted by Crippen LogP contribution is 2.29. The fourth-order valence-electron chi connectivity index (χ4n) is 3.65. The summed E-state index contributed by atoms with van der Waals surface area (Å²) >= 11 is 0. The van der Waals surface area contributed by atoms with Gasteiger partial charge < -0.3 is 5.11 Å². The molecule has 20 heavy (non-hydrogen) atoms. The monoisotopic (exact) mass is 277 g/mol. The molecule has 5 nitrogen and oxygen atoms in total. The number of hydrogen-bond donors (Lipinski definition) is 1. The molecular weight excluding hydrogens is 254 g/mol. The first-order chi connectivity index (χ1) is 9.65. The highest BCUT2D eigenvalue weighted by atomic mass is 16.4. The molecule has 0 amide bonds. The van der Waals surface area contributed by atoms with Gasteiger partial charge in [0.15, 0.2) is 0 Å². The van der Waals surface area contributed by atoms with Crippen molar-refractivity contribution in [1.29, 1.82) is 0 Å². The van der Waals surface area contributed by atoms with Gasteiger partial charge in [0.05, 0.1) is 11.7 Å². The van der Waals surface area contributed by atoms with Crippen LogP contribution in [0.15, 0.2) is 12.3 Å². The molecule has 5 heteroatoms. The van der Waals surface area contributed by atoms with Crippen LogP contribution in [0.2, 0.25) is 0 Å². The minimum absolute atomic E-state index is 0.226. The molecule has 2 fully saturated rings. The van der Waals surface area contributed by atoms with E-state index < -0.39 is 5.97 Å². The lowest BCUT2D eigenvalue weighted by Gasteiger charge is -2.22. The molecule has 1 saturated carbocycles. The van der Waals surface area contributed by atoms with Crippen LogP contribution in [0.1, 0.15) is 50.8 Å². The molecule has 2 unspecified atom stereocenters. The number of carboxylic acids is 1. The Morgan fingerprint density at radius 3 is 2.85 bits per heavy atom. The van der Waals surface area contributed by atoms with E-state index in [1.54, 1.807) is 0 Å². The molecule has 1 aromatic heterocycles. The van der Waals surface area contributed by atoms with Gasteiger partial charge in [0.1, 0.15) is 6.04 Å². The van der Waals surface area contributed by atoms with Crippen LogP contribution in [0.25, 0.3) is 0 Å². The molecule has 2 heterocycles. The van der Waals surface area contributed by atoms with Gasteiger partial charge >= 0.3 is 5.97 Å². The number of nitrogens with zero attached hydrogens (tertiary/aromatic N) is 3. The van der Waals surface area contributed by atoms with E-state index in [0.717, 1.165) is 18.7 Å². The second-order valence-corrected chi connectivity index (χ2v) is 6.24. The van der Waals surface area contributed by atoms with Crippen LogP contribution in [0.5, 0.6) is 0 Å². The highest BCUT2D eigenvalue weighted by molar-refractivity contribution is 5.74. The van der Waals surface area contributed by atoms with E-state index in [4.69, 9.17) is 0 Å². The lowest BCUT2D eigenvalue weighted by atomic mass is 10.0. The maximum Gasteiger partial charge on any atom is 0.321 e. The fourth-order valence-corrected chi connectivity index (χ4v) is 3.65. The molecule has 1 aliphatic carbocycles. The Hall–Kier alpha value is -1.36. The second-order valence-electron chi connectivity index (χ2n) is 6.24. The third kappa shape index (κ3) is 2.59. The molecule has 1 aromatic rings. The summed E-state index contributed by atoms with van der Waals surface area (Å²) in [7, 11) is 0. The largest absolute Gasteiger partial charge is 0.480 e. The van der Waals surface area contributed by atoms with Gasteiger partial charge in [-0.15, -0.1) is 0 Å². The van der Waals surface area contributed by atoms with E-state index in [1.165, 1.54) is 25.7 Å². The minimum Gasteiger partial charge on any atom is -0.480 e. The second kappa shape index (κ2) is 5.56. The Morgan fingerprint density at radius 2 is 2.15 bits per heavy atom. The summed E-state index contributed by atoms with van der Waals surface area (Å²) in [6, 6.07) is 2.24. The lowest BCUT2D eigenvalue weighted by Crippen LogP contribution is -2.38. The van der Waals surface area contributed by atoms with Gasteiger partial charge in [-0.25, -0.2) is 0 Å². The Bertz CT molecular complexity index is 479. The van der Waals surface area contributed by atoms with Gasteiger partial charge in [0, 0.05) is 12.7 Å². The summed E-state index contributed by atoms with van der Waals surface area (Å²) in [6.45, 7) is 3.53. The highest BCUT2D eigenvalue weighted by Gasteiger charge is 2.36. The van der Waals surface area contributed by atoms with Gasteiger partial charge in [-0.05, 0) is 37.8 Å². The molecule has 3 rings (SSSR count). The van der Waals surface area contributed by atoms with Gasteiger partial charge in [-0.2, -0.15) is 5.10 Å². The molecule has 0 bridgehead atoms. The zero-order chi connectivity index (χ0) is 14.1. The first-order valence-corrected chi connectivity index (χ1v) is 7.66. The number of rotatable bonds is 4. The molecule has 0 radical (unpaired) electrons. The molecule has 0 spiro atoms. The van der Waals surface area contributed by atoms with Crippen molar-refractivity contribution >= 4 is 5.97 Å². The van der Waals surface area contributed by atoms with Crippen molar-refractivity contribution in [3.8, 4) is 0 Å². The van der Waals surface area contributed by atoms with Gasteiger partial charge in [-0.1, -0.05) is 19.8 Å². The first-order valence-electron chi connectivity index (χ1n) is 7.66. The average Bonchev–Trinajstić information content (AvgIpc) is 3.10. The molecule has 110 valence electrons. The van der Waals surface area contributed by atoms with Crippen LogP contribution in [-0.2, 0) is 11.3 Å². The number of aromatic nitrogens is 2. The van der Waals surface area contributed by atoms with Crippen LogP contribution in [-0.4, -0.2) is 38.3 Å². The van der Waals surface area contributed by atoms with Crippen LogP contribution in [0, 0.1) is 5.92 Å². The Labute approximate surface area is 119 Å². The maximum atomic E-state index is 11.4. The zero-order valence-corrected chi connectivity index (χ0v) is 12.0. The first kappa shape index (κ1) is 13.6. The number of hydrogen-bond acceptors (Lipinski definition) is 3. The summed E-state index contributed by atoms with van der Waals surface area (Å²) in [5.41, 5.74) is 0.997. The lowest BCUT2D eigenvalue weighted by molar-refractivity contribution is -0.143. The Kier molecular flexibility index (Phi) is 3.78. The molecule has 2 atom stereocenters. The molecule has 1 saturated heterocycles. The third-order valence-electron chi connectivity index (χ3n) is 4.78. The maximum absolute atomic E-state index is 11.4. The number of likely N-dealkylation sites (tertiary alicyclic amines) is 1. The molecule has 1 aliphatic heterocycles. The summed E-state index contributed by atoms with van der Waals surface area (Å²) in [6.07, 6.45) is 8.05. The number of carboxylic acid groups (broad SMARTS) is 1. The van der Waals surface area contributed by atoms with E-state index in [1.807, 2.05) is 17.9 Å². The summed E-state index contributed by atoms with van der Waals surface area (Å²) in [4.78, 5) is 13.4. The van der Waals surface area contributed by atoms with Crippen LogP contribution in [0.4, 0.5) is 0 Å². The third-order valence-corrected chi connectivity index (χ3v) is 4.78. The average molecular weight is 277 g/mol. The Morgan fingerprint density at radius 1 is 1.40 bits per heavy atom. The van der Waals surface area contributed by atoms with Crippen molar-refractivity contribution in [2.45, 2.75) is 57.7 Å². The standard InChI is InChI=1S/C15H23N3O2/c1-11-6-8-17(14(11)15(19)20)10-12-7-9-18(16-12)13-4-2-3-5-13/h7,9,11,13-14H,2-6,8,10H2,1H3,(H,19,20). The fraction of sp³-hybridized carbons (Fsp3) is 0.733. The predicted molar refractivity (Wildman–Crippen MR) is 75.3 cm³/mol. The number of carbonyl (C=O) groups is 1. The summed E-state index contributed by atoms with van der Waals surface area (Å²) < 4.78 is 2.08. The van der Waals surface area contributed by atoms with E-state index in [0.29, 0.717) is 12.6 Å². The van der Waals surface area contributed by atoms with Crippen molar-refractivity contribution in [3.63, 3.8) is 0 Å². The molecule has 2 aliphatic rings. The van der Waals surface area contributed by atoms with Crippen LogP contribution in [0.3, 0.4) is 0 Å². The van der Waals surface area contributed by atoms with E-state index >= 15 is 0 Å². The van der Waals surface area contributed by atoms with Crippen molar-refractivity contribution in [1.82, 2.24) is 14.7 Å². The molecule has 0 aromatic carbocycles. The van der Waals surface area contributed by atoms with Crippen LogP contribution >= 0.6 is 0 Å². The topological polar surface area (TPSA) is 58.4 Å². The minimum atomic E-state index is -0.703. The van der Waals surface area contributed by atoms with Gasteiger partial charge in [-0.3, -0.25) is 14.4 Å². The van der Waals surface area contributed by atoms with Crippen molar-refractivity contribution < 1.29 is 9.90 Å². The Balaban J connectivity index is 1.67. The van der Waals surface area contributed by atoms with Gasteiger partial charge in [0.2, 0.25) is 0 Å². The summed E-state index contributed by atoms with van der Waals surface area (Å²) in [5, 5.41) is 14.0. The van der Waals surface area contributed by atoms with Crippen molar-refractivity contribution in [3.05, 3.63) is 18.0 Å². The van der Waals surface area contributed by atoms with E-state index in [9.17, 15) is 9.90 Å². The van der Waals surface area contributed by atoms with Crippen LogP contribution < -0.4 is 0 Å². The smallest absolute Gasteiger partial charge is 0.321 e. The summed E-state index contributed by atoms with van der Waals surface area (Å²) in [5.74, 6) is -0.477. The molecule has 1 N–H and O–H groups in total. The quantitative estimate of drug-likeness (QED) is 0.917. The SMILES string of the molecule is CC1CCN(Cc2ccn(C3CCCC3)n2)C1C(=O)O. The van der Waals surface area contributed by atoms with Crippen molar-refractivity contribution in [2.75, 3.05) is 6.54 Å². The van der Waals surface area contributed by atoms with Gasteiger partial charge in [0.25, 0.3) is 0 Å². The number of aliphatic carboxylic acids is 1. The molecular formula is C15H23N3O2. The predicted octanol–water partition coefficient (Wildman–Crippen LogP) is 2.29. The normalized spacial score (nSPS) is 28.2. The van der Waals surface area contributed by atoms with Crippen molar-refractivity contribution in [2.24, 2.45) is 5.92 Å². The van der Waals surface area contributed by atoms with E-state index in [-0.39, 0.29) is 12.0 Å². The van der Waals surface area contributed by atoms with E-state index in [2.05, 4.69) is 16.0 Å². The zero-order valence-electron chi connectivity index (χ0n) is 12.0.